The van der Waals surface area contributed by atoms with Crippen molar-refractivity contribution < 1.29 is 4.74 Å². The average Bonchev–Trinajstić information content (AvgIpc) is 3.00. The molecule has 0 saturated carbocycles. The Morgan fingerprint density at radius 1 is 0.821 bits per heavy atom. The van der Waals surface area contributed by atoms with Gasteiger partial charge >= 0.3 is 0 Å². The van der Waals surface area contributed by atoms with Gasteiger partial charge in [-0.2, -0.15) is 10.1 Å². The van der Waals surface area contributed by atoms with Crippen molar-refractivity contribution in [2.24, 2.45) is 0 Å². The third-order valence-corrected chi connectivity index (χ3v) is 5.15. The summed E-state index contributed by atoms with van der Waals surface area (Å²) in [6.07, 6.45) is 0. The van der Waals surface area contributed by atoms with E-state index in [2.05, 4.69) is 70.2 Å². The molecule has 0 N–H and O–H groups in total. The number of benzene rings is 2. The highest BCUT2D eigenvalue weighted by Crippen LogP contribution is 2.27. The van der Waals surface area contributed by atoms with Gasteiger partial charge in [0.25, 0.3) is 0 Å². The van der Waals surface area contributed by atoms with Crippen molar-refractivity contribution in [3.8, 4) is 11.6 Å². The van der Waals surface area contributed by atoms with Crippen molar-refractivity contribution >= 4 is 11.0 Å². The first-order valence-corrected chi connectivity index (χ1v) is 9.55. The Bertz CT molecular complexity index is 1160. The molecule has 4 rings (SSSR count). The Balaban J connectivity index is 1.73. The van der Waals surface area contributed by atoms with Gasteiger partial charge in [-0.1, -0.05) is 41.5 Å². The lowest BCUT2D eigenvalue weighted by Crippen LogP contribution is -2.02. The van der Waals surface area contributed by atoms with Gasteiger partial charge in [0.05, 0.1) is 11.4 Å². The van der Waals surface area contributed by atoms with Crippen molar-refractivity contribution in [1.82, 2.24) is 14.8 Å². The second kappa shape index (κ2) is 7.12. The summed E-state index contributed by atoms with van der Waals surface area (Å²) >= 11 is 0. The number of nitrogens with zero attached hydrogens (tertiary/aromatic N) is 3. The summed E-state index contributed by atoms with van der Waals surface area (Å²) in [5, 5.41) is 5.82. The molecule has 4 heteroatoms. The highest BCUT2D eigenvalue weighted by molar-refractivity contribution is 5.84. The van der Waals surface area contributed by atoms with Crippen LogP contribution < -0.4 is 4.74 Å². The van der Waals surface area contributed by atoms with Crippen LogP contribution in [0.3, 0.4) is 0 Å². The Morgan fingerprint density at radius 3 is 2.29 bits per heavy atom. The van der Waals surface area contributed by atoms with Crippen LogP contribution in [0.15, 0.2) is 48.5 Å². The number of rotatable bonds is 4. The van der Waals surface area contributed by atoms with Gasteiger partial charge in [-0.25, -0.2) is 4.68 Å². The Hall–Kier alpha value is -3.14. The van der Waals surface area contributed by atoms with Gasteiger partial charge in [0.15, 0.2) is 5.65 Å². The van der Waals surface area contributed by atoms with E-state index in [0.717, 1.165) is 28.0 Å². The van der Waals surface area contributed by atoms with Gasteiger partial charge in [0.1, 0.15) is 6.61 Å². The van der Waals surface area contributed by atoms with Crippen LogP contribution in [0.25, 0.3) is 16.7 Å². The quantitative estimate of drug-likeness (QED) is 0.473. The van der Waals surface area contributed by atoms with E-state index < -0.39 is 0 Å². The molecule has 142 valence electrons. The number of ether oxygens (including phenoxy) is 1. The maximum absolute atomic E-state index is 6.08. The molecular weight excluding hydrogens is 346 g/mol. The second-order valence-corrected chi connectivity index (χ2v) is 7.53. The SMILES string of the molecule is Cc1ccc(-n2nc(C)c3c(C)cc(OCc4cc(C)ccc4C)nc32)cc1. The third-order valence-electron chi connectivity index (χ3n) is 5.15. The fraction of sp³-hybridized carbons (Fsp3) is 0.250. The number of hydrogen-bond donors (Lipinski definition) is 0. The van der Waals surface area contributed by atoms with E-state index in [1.54, 1.807) is 0 Å². The summed E-state index contributed by atoms with van der Waals surface area (Å²) in [7, 11) is 0. The van der Waals surface area contributed by atoms with Crippen molar-refractivity contribution in [3.63, 3.8) is 0 Å². The fourth-order valence-corrected chi connectivity index (χ4v) is 3.52. The van der Waals surface area contributed by atoms with Crippen LogP contribution >= 0.6 is 0 Å². The molecule has 0 bridgehead atoms. The van der Waals surface area contributed by atoms with Gasteiger partial charge < -0.3 is 4.74 Å². The molecule has 0 aliphatic rings. The normalized spacial score (nSPS) is 11.2. The molecule has 28 heavy (non-hydrogen) atoms. The second-order valence-electron chi connectivity index (χ2n) is 7.53. The third kappa shape index (κ3) is 3.38. The number of hydrogen-bond acceptors (Lipinski definition) is 3. The maximum Gasteiger partial charge on any atom is 0.215 e. The van der Waals surface area contributed by atoms with E-state index in [4.69, 9.17) is 14.8 Å². The van der Waals surface area contributed by atoms with Crippen LogP contribution in [-0.2, 0) is 6.61 Å². The molecule has 0 spiro atoms. The largest absolute Gasteiger partial charge is 0.473 e. The lowest BCUT2D eigenvalue weighted by atomic mass is 10.1. The van der Waals surface area contributed by atoms with Gasteiger partial charge in [0, 0.05) is 11.5 Å². The monoisotopic (exact) mass is 371 g/mol. The molecule has 0 saturated heterocycles. The molecule has 2 aromatic carbocycles. The van der Waals surface area contributed by atoms with Crippen LogP contribution in [0, 0.1) is 34.6 Å². The zero-order valence-electron chi connectivity index (χ0n) is 17.1. The van der Waals surface area contributed by atoms with Crippen LogP contribution in [0.1, 0.15) is 33.5 Å². The average molecular weight is 371 g/mol. The van der Waals surface area contributed by atoms with Crippen LogP contribution in [0.5, 0.6) is 5.88 Å². The minimum Gasteiger partial charge on any atom is -0.473 e. The molecule has 0 unspecified atom stereocenters. The molecule has 4 nitrogen and oxygen atoms in total. The minimum absolute atomic E-state index is 0.503. The van der Waals surface area contributed by atoms with E-state index in [9.17, 15) is 0 Å². The molecule has 0 aliphatic carbocycles. The van der Waals surface area contributed by atoms with Crippen molar-refractivity contribution in [2.45, 2.75) is 41.2 Å². The van der Waals surface area contributed by atoms with Crippen molar-refractivity contribution in [3.05, 3.63) is 82.0 Å². The Kier molecular flexibility index (Phi) is 4.63. The predicted octanol–water partition coefficient (Wildman–Crippen LogP) is 5.54. The summed E-state index contributed by atoms with van der Waals surface area (Å²) in [6, 6.07) is 16.7. The summed E-state index contributed by atoms with van der Waals surface area (Å²) in [5.41, 5.74) is 8.79. The summed E-state index contributed by atoms with van der Waals surface area (Å²) in [4.78, 5) is 4.80. The van der Waals surface area contributed by atoms with Gasteiger partial charge in [-0.05, 0) is 63.4 Å². The molecule has 0 radical (unpaired) electrons. The zero-order valence-corrected chi connectivity index (χ0v) is 17.1. The van der Waals surface area contributed by atoms with Crippen LogP contribution in [0.4, 0.5) is 0 Å². The molecule has 0 aliphatic heterocycles. The van der Waals surface area contributed by atoms with E-state index in [-0.39, 0.29) is 0 Å². The molecule has 0 fully saturated rings. The molecule has 0 atom stereocenters. The Morgan fingerprint density at radius 2 is 1.54 bits per heavy atom. The van der Waals surface area contributed by atoms with E-state index in [1.165, 1.54) is 22.3 Å². The maximum atomic E-state index is 6.08. The lowest BCUT2D eigenvalue weighted by molar-refractivity contribution is 0.294. The number of pyridine rings is 1. The molecule has 0 amide bonds. The summed E-state index contributed by atoms with van der Waals surface area (Å²) in [5.74, 6) is 0.624. The molecule has 2 heterocycles. The van der Waals surface area contributed by atoms with Crippen LogP contribution in [-0.4, -0.2) is 14.8 Å². The first kappa shape index (κ1) is 18.2. The fourth-order valence-electron chi connectivity index (χ4n) is 3.52. The zero-order chi connectivity index (χ0) is 19.8. The summed E-state index contributed by atoms with van der Waals surface area (Å²) < 4.78 is 7.99. The number of aromatic nitrogens is 3. The Labute approximate surface area is 165 Å². The summed E-state index contributed by atoms with van der Waals surface area (Å²) in [6.45, 7) is 10.9. The molecule has 2 aromatic heterocycles. The highest BCUT2D eigenvalue weighted by atomic mass is 16.5. The number of aryl methyl sites for hydroxylation is 5. The first-order chi connectivity index (χ1) is 13.4. The highest BCUT2D eigenvalue weighted by Gasteiger charge is 2.15. The minimum atomic E-state index is 0.503. The van der Waals surface area contributed by atoms with Gasteiger partial charge in [-0.3, -0.25) is 0 Å². The van der Waals surface area contributed by atoms with Gasteiger partial charge in [-0.15, -0.1) is 0 Å². The van der Waals surface area contributed by atoms with Crippen molar-refractivity contribution in [1.29, 1.82) is 0 Å². The lowest BCUT2D eigenvalue weighted by Gasteiger charge is -2.11. The van der Waals surface area contributed by atoms with Crippen LogP contribution in [0.2, 0.25) is 0 Å². The molecule has 4 aromatic rings. The first-order valence-electron chi connectivity index (χ1n) is 9.55. The van der Waals surface area contributed by atoms with E-state index in [0.29, 0.717) is 12.5 Å². The topological polar surface area (TPSA) is 39.9 Å². The van der Waals surface area contributed by atoms with Gasteiger partial charge in [0.2, 0.25) is 5.88 Å². The molecular formula is C24H25N3O. The predicted molar refractivity (Wildman–Crippen MR) is 113 cm³/mol. The standard InChI is InChI=1S/C24H25N3O/c1-15-7-10-21(11-8-15)27-24-23(19(5)26-27)18(4)13-22(25-24)28-14-20-12-16(2)6-9-17(20)3/h6-13H,14H2,1-5H3. The van der Waals surface area contributed by atoms with E-state index >= 15 is 0 Å². The van der Waals surface area contributed by atoms with Crippen molar-refractivity contribution in [2.75, 3.05) is 0 Å². The smallest absolute Gasteiger partial charge is 0.215 e. The number of fused-ring (bicyclic) bond motifs is 1. The van der Waals surface area contributed by atoms with E-state index in [1.807, 2.05) is 17.7 Å².